The van der Waals surface area contributed by atoms with Crippen molar-refractivity contribution >= 4 is 23.0 Å². The van der Waals surface area contributed by atoms with Gasteiger partial charge in [-0.25, -0.2) is 4.98 Å². The van der Waals surface area contributed by atoms with Gasteiger partial charge >= 0.3 is 6.18 Å². The minimum absolute atomic E-state index is 0.00543. The number of likely N-dealkylation sites (tertiary alicyclic amines) is 1. The summed E-state index contributed by atoms with van der Waals surface area (Å²) in [5, 5.41) is 12.3. The fraction of sp³-hybridized carbons (Fsp3) is 0.607. The highest BCUT2D eigenvalue weighted by Crippen LogP contribution is 2.44. The molecule has 1 N–H and O–H groups in total. The zero-order chi connectivity index (χ0) is 26.8. The van der Waals surface area contributed by atoms with Crippen molar-refractivity contribution in [3.05, 3.63) is 51.5 Å². The van der Waals surface area contributed by atoms with Crippen LogP contribution in [0, 0.1) is 11.8 Å². The number of aromatic nitrogens is 1. The van der Waals surface area contributed by atoms with Gasteiger partial charge in [-0.1, -0.05) is 26.0 Å². The highest BCUT2D eigenvalue weighted by Gasteiger charge is 2.38. The molecule has 0 radical (unpaired) electrons. The van der Waals surface area contributed by atoms with Gasteiger partial charge in [0.05, 0.1) is 15.4 Å². The van der Waals surface area contributed by atoms with E-state index >= 15 is 0 Å². The van der Waals surface area contributed by atoms with Crippen LogP contribution in [0.25, 0.3) is 0 Å². The summed E-state index contributed by atoms with van der Waals surface area (Å²) in [6.07, 6.45) is 2.51. The standard InChI is InChI=1S/C28H35F3N2O3S/c1-18(2)26-32-16-24(37-26)27(36)11-8-19(9-12-27)14-20-10-13-33(17-20)25(35)7-6-23(34)21-4-3-5-22(15-21)28(29,30)31/h3-5,15-16,18-20,36H,6-14,17H2,1-2H3. The van der Waals surface area contributed by atoms with E-state index in [-0.39, 0.29) is 24.3 Å². The number of hydrogen-bond donors (Lipinski definition) is 1. The molecule has 1 aliphatic carbocycles. The van der Waals surface area contributed by atoms with Crippen molar-refractivity contribution in [1.82, 2.24) is 9.88 Å². The Morgan fingerprint density at radius 1 is 1.16 bits per heavy atom. The predicted molar refractivity (Wildman–Crippen MR) is 136 cm³/mol. The number of Topliss-reactive ketones (excluding diaryl/α,β-unsaturated/α-hetero) is 1. The molecule has 2 heterocycles. The summed E-state index contributed by atoms with van der Waals surface area (Å²) in [6.45, 7) is 5.52. The molecule has 37 heavy (non-hydrogen) atoms. The number of halogens is 3. The molecule has 2 aromatic rings. The molecule has 0 bridgehead atoms. The molecule has 5 nitrogen and oxygen atoms in total. The largest absolute Gasteiger partial charge is 0.416 e. The molecule has 1 aromatic heterocycles. The molecule has 1 saturated carbocycles. The van der Waals surface area contributed by atoms with Crippen molar-refractivity contribution in [1.29, 1.82) is 0 Å². The highest BCUT2D eigenvalue weighted by atomic mass is 32.1. The monoisotopic (exact) mass is 536 g/mol. The quantitative estimate of drug-likeness (QED) is 0.388. The zero-order valence-corrected chi connectivity index (χ0v) is 22.2. The molecule has 1 aromatic carbocycles. The third-order valence-corrected chi connectivity index (χ3v) is 9.28. The molecule has 9 heteroatoms. The van der Waals surface area contributed by atoms with Gasteiger partial charge in [0.15, 0.2) is 5.78 Å². The van der Waals surface area contributed by atoms with Crippen LogP contribution in [-0.2, 0) is 16.6 Å². The number of rotatable bonds is 8. The van der Waals surface area contributed by atoms with Gasteiger partial charge in [-0.2, -0.15) is 13.2 Å². The van der Waals surface area contributed by atoms with Crippen molar-refractivity contribution in [2.24, 2.45) is 11.8 Å². The minimum Gasteiger partial charge on any atom is -0.384 e. The summed E-state index contributed by atoms with van der Waals surface area (Å²) in [4.78, 5) is 32.3. The molecule has 1 aliphatic heterocycles. The number of amides is 1. The van der Waals surface area contributed by atoms with Crippen LogP contribution in [0.4, 0.5) is 13.2 Å². The van der Waals surface area contributed by atoms with Gasteiger partial charge in [0, 0.05) is 43.6 Å². The van der Waals surface area contributed by atoms with E-state index in [1.54, 1.807) is 16.2 Å². The molecule has 2 fully saturated rings. The van der Waals surface area contributed by atoms with E-state index in [0.29, 0.717) is 30.8 Å². The van der Waals surface area contributed by atoms with Crippen LogP contribution in [-0.4, -0.2) is 39.8 Å². The highest BCUT2D eigenvalue weighted by molar-refractivity contribution is 7.11. The Hall–Kier alpha value is -2.26. The van der Waals surface area contributed by atoms with Crippen LogP contribution < -0.4 is 0 Å². The number of ketones is 1. The fourth-order valence-corrected chi connectivity index (χ4v) is 6.59. The lowest BCUT2D eigenvalue weighted by molar-refractivity contribution is -0.137. The summed E-state index contributed by atoms with van der Waals surface area (Å²) in [5.41, 5.74) is -1.66. The van der Waals surface area contributed by atoms with Crippen LogP contribution in [0.2, 0.25) is 0 Å². The second-order valence-corrected chi connectivity index (χ2v) is 12.0. The Morgan fingerprint density at radius 3 is 2.54 bits per heavy atom. The summed E-state index contributed by atoms with van der Waals surface area (Å²) in [7, 11) is 0. The molecule has 4 rings (SSSR count). The van der Waals surface area contributed by atoms with Crippen LogP contribution in [0.3, 0.4) is 0 Å². The van der Waals surface area contributed by atoms with Gasteiger partial charge in [-0.05, 0) is 62.5 Å². The Kier molecular flexibility index (Phi) is 8.43. The lowest BCUT2D eigenvalue weighted by atomic mass is 9.75. The lowest BCUT2D eigenvalue weighted by Crippen LogP contribution is -2.32. The number of aliphatic hydroxyl groups is 1. The number of carbonyl (C=O) groups is 2. The van der Waals surface area contributed by atoms with E-state index in [0.717, 1.165) is 60.5 Å². The maximum atomic E-state index is 12.9. The van der Waals surface area contributed by atoms with Gasteiger partial charge in [-0.15, -0.1) is 11.3 Å². The normalized spacial score (nSPS) is 24.6. The van der Waals surface area contributed by atoms with E-state index < -0.39 is 23.1 Å². The first-order valence-corrected chi connectivity index (χ1v) is 13.9. The smallest absolute Gasteiger partial charge is 0.384 e. The first-order chi connectivity index (χ1) is 17.4. The van der Waals surface area contributed by atoms with Gasteiger partial charge < -0.3 is 10.0 Å². The van der Waals surface area contributed by atoms with E-state index in [2.05, 4.69) is 18.8 Å². The lowest BCUT2D eigenvalue weighted by Gasteiger charge is -2.36. The molecule has 1 unspecified atom stereocenters. The summed E-state index contributed by atoms with van der Waals surface area (Å²) < 4.78 is 38.7. The Balaban J connectivity index is 1.21. The second-order valence-electron chi connectivity index (χ2n) is 10.9. The van der Waals surface area contributed by atoms with E-state index in [1.807, 2.05) is 6.20 Å². The maximum absolute atomic E-state index is 12.9. The molecule has 1 amide bonds. The van der Waals surface area contributed by atoms with Crippen molar-refractivity contribution in [2.45, 2.75) is 82.9 Å². The molecule has 202 valence electrons. The number of hydrogen-bond acceptors (Lipinski definition) is 5. The summed E-state index contributed by atoms with van der Waals surface area (Å²) >= 11 is 1.61. The average Bonchev–Trinajstić information content (AvgIpc) is 3.54. The first kappa shape index (κ1) is 27.8. The van der Waals surface area contributed by atoms with Crippen LogP contribution >= 0.6 is 11.3 Å². The van der Waals surface area contributed by atoms with E-state index in [1.165, 1.54) is 12.1 Å². The van der Waals surface area contributed by atoms with Gasteiger partial charge in [0.2, 0.25) is 5.91 Å². The van der Waals surface area contributed by atoms with E-state index in [9.17, 15) is 27.9 Å². The molecular weight excluding hydrogens is 501 g/mol. The molecule has 1 saturated heterocycles. The van der Waals surface area contributed by atoms with Crippen LogP contribution in [0.5, 0.6) is 0 Å². The Morgan fingerprint density at radius 2 is 1.89 bits per heavy atom. The average molecular weight is 537 g/mol. The molecule has 1 atom stereocenters. The zero-order valence-electron chi connectivity index (χ0n) is 21.4. The Bertz CT molecular complexity index is 1110. The Labute approximate surface area is 220 Å². The first-order valence-electron chi connectivity index (χ1n) is 13.1. The topological polar surface area (TPSA) is 70.5 Å². The third-order valence-electron chi connectivity index (χ3n) is 7.79. The molecular formula is C28H35F3N2O3S. The van der Waals surface area contributed by atoms with Crippen LogP contribution in [0.15, 0.2) is 30.5 Å². The molecule has 0 spiro atoms. The number of carbonyl (C=O) groups excluding carboxylic acids is 2. The summed E-state index contributed by atoms with van der Waals surface area (Å²) in [5.74, 6) is 0.694. The number of nitrogens with zero attached hydrogens (tertiary/aromatic N) is 2. The maximum Gasteiger partial charge on any atom is 0.416 e. The van der Waals surface area contributed by atoms with E-state index in [4.69, 9.17) is 0 Å². The fourth-order valence-electron chi connectivity index (χ4n) is 5.52. The number of alkyl halides is 3. The SMILES string of the molecule is CC(C)c1ncc(C2(O)CCC(CC3CCN(C(=O)CCC(=O)c4cccc(C(F)(F)F)c4)C3)CC2)s1. The van der Waals surface area contributed by atoms with Gasteiger partial charge in [0.25, 0.3) is 0 Å². The van der Waals surface area contributed by atoms with Crippen molar-refractivity contribution in [2.75, 3.05) is 13.1 Å². The third kappa shape index (κ3) is 6.79. The van der Waals surface area contributed by atoms with Crippen molar-refractivity contribution in [3.63, 3.8) is 0 Å². The second kappa shape index (κ2) is 11.2. The predicted octanol–water partition coefficient (Wildman–Crippen LogP) is 6.56. The number of thiazole rings is 1. The molecule has 2 aliphatic rings. The van der Waals surface area contributed by atoms with Crippen molar-refractivity contribution < 1.29 is 27.9 Å². The van der Waals surface area contributed by atoms with Crippen LogP contribution in [0.1, 0.15) is 96.9 Å². The van der Waals surface area contributed by atoms with Gasteiger partial charge in [-0.3, -0.25) is 9.59 Å². The summed E-state index contributed by atoms with van der Waals surface area (Å²) in [6, 6.07) is 4.36. The van der Waals surface area contributed by atoms with Crippen molar-refractivity contribution in [3.8, 4) is 0 Å². The van der Waals surface area contributed by atoms with Gasteiger partial charge in [0.1, 0.15) is 5.60 Å². The minimum atomic E-state index is -4.51. The number of benzene rings is 1.